The first-order chi connectivity index (χ1) is 20.5. The lowest BCUT2D eigenvalue weighted by molar-refractivity contribution is -0.117. The predicted octanol–water partition coefficient (Wildman–Crippen LogP) is 6.43. The summed E-state index contributed by atoms with van der Waals surface area (Å²) in [5.74, 6) is 0.502. The van der Waals surface area contributed by atoms with Gasteiger partial charge in [0.05, 0.1) is 22.5 Å². The van der Waals surface area contributed by atoms with Crippen LogP contribution in [-0.2, 0) is 4.79 Å². The van der Waals surface area contributed by atoms with Crippen LogP contribution in [0.3, 0.4) is 0 Å². The van der Waals surface area contributed by atoms with Crippen molar-refractivity contribution in [2.45, 2.75) is 26.2 Å². The number of nitrogens with zero attached hydrogens (tertiary/aromatic N) is 3. The molecule has 7 rings (SSSR count). The summed E-state index contributed by atoms with van der Waals surface area (Å²) in [4.78, 5) is 38.9. The van der Waals surface area contributed by atoms with E-state index >= 15 is 0 Å². The molecule has 0 unspecified atom stereocenters. The van der Waals surface area contributed by atoms with Gasteiger partial charge in [-0.15, -0.1) is 11.3 Å². The number of aromatic amines is 2. The van der Waals surface area contributed by atoms with Gasteiger partial charge in [0.15, 0.2) is 11.4 Å². The summed E-state index contributed by atoms with van der Waals surface area (Å²) >= 11 is 1.50. The molecule has 5 aromatic heterocycles. The molecule has 10 heteroatoms. The van der Waals surface area contributed by atoms with E-state index in [4.69, 9.17) is 0 Å². The van der Waals surface area contributed by atoms with E-state index in [0.29, 0.717) is 23.7 Å². The highest BCUT2D eigenvalue weighted by molar-refractivity contribution is 7.17. The summed E-state index contributed by atoms with van der Waals surface area (Å²) in [6.45, 7) is 3.53. The van der Waals surface area contributed by atoms with Crippen LogP contribution in [0.15, 0.2) is 67.1 Å². The van der Waals surface area contributed by atoms with Gasteiger partial charge in [0.25, 0.3) is 0 Å². The number of nitrogens with one attached hydrogen (secondary N) is 4. The molecule has 1 aliphatic rings. The number of ketones is 1. The molecule has 6 aromatic rings. The van der Waals surface area contributed by atoms with Crippen LogP contribution in [0.5, 0.6) is 0 Å². The van der Waals surface area contributed by atoms with Crippen molar-refractivity contribution in [2.24, 2.45) is 5.92 Å². The Kier molecular flexibility index (Phi) is 6.85. The Labute approximate surface area is 245 Å². The first-order valence-electron chi connectivity index (χ1n) is 14.1. The standard InChI is InChI=1S/C32H29N7O2S/c1-18(40)28-5-6-29(42-28)23-3-2-4-26-24(23)14-27(37-26)31-25-13-21(16-35-32(25)39-38-31)20-12-22(17-34-15-20)36-30(41)11-19-7-9-33-10-8-19/h2-6,12-17,19,33,37H,7-11H2,1H3,(H,36,41)(H,35,38,39). The number of Topliss-reactive ketones (excluding diaryl/α,β-unsaturated/α-hetero) is 1. The van der Waals surface area contributed by atoms with Crippen LogP contribution in [0, 0.1) is 5.92 Å². The SMILES string of the molecule is CC(=O)c1ccc(-c2cccc3[nH]c(-c4n[nH]c5ncc(-c6cncc(NC(=O)CC7CCNCC7)c6)cc45)cc23)s1. The van der Waals surface area contributed by atoms with Gasteiger partial charge in [-0.1, -0.05) is 12.1 Å². The Hall–Kier alpha value is -4.67. The number of H-pyrrole nitrogens is 2. The van der Waals surface area contributed by atoms with Gasteiger partial charge in [-0.05, 0) is 75.2 Å². The van der Waals surface area contributed by atoms with Gasteiger partial charge in [-0.3, -0.25) is 19.7 Å². The lowest BCUT2D eigenvalue weighted by Gasteiger charge is -2.21. The van der Waals surface area contributed by atoms with E-state index in [9.17, 15) is 9.59 Å². The molecule has 0 radical (unpaired) electrons. The average molecular weight is 576 g/mol. The zero-order chi connectivity index (χ0) is 28.6. The quantitative estimate of drug-likeness (QED) is 0.163. The highest BCUT2D eigenvalue weighted by Crippen LogP contribution is 2.37. The summed E-state index contributed by atoms with van der Waals surface area (Å²) in [5, 5.41) is 16.0. The van der Waals surface area contributed by atoms with E-state index < -0.39 is 0 Å². The molecule has 1 saturated heterocycles. The fourth-order valence-corrected chi connectivity index (χ4v) is 6.60. The fourth-order valence-electron chi connectivity index (χ4n) is 5.66. The number of thiophene rings is 1. The van der Waals surface area contributed by atoms with Gasteiger partial charge >= 0.3 is 0 Å². The summed E-state index contributed by atoms with van der Waals surface area (Å²) in [7, 11) is 0. The van der Waals surface area contributed by atoms with Crippen LogP contribution >= 0.6 is 11.3 Å². The minimum atomic E-state index is 0.0183. The van der Waals surface area contributed by atoms with Gasteiger partial charge in [-0.25, -0.2) is 4.98 Å². The zero-order valence-electron chi connectivity index (χ0n) is 23.0. The predicted molar refractivity (Wildman–Crippen MR) is 167 cm³/mol. The number of rotatable bonds is 7. The second kappa shape index (κ2) is 11.0. The summed E-state index contributed by atoms with van der Waals surface area (Å²) in [6.07, 6.45) is 7.81. The highest BCUT2D eigenvalue weighted by atomic mass is 32.1. The van der Waals surface area contributed by atoms with Gasteiger partial charge in [0.1, 0.15) is 5.69 Å². The molecule has 210 valence electrons. The number of benzene rings is 1. The Balaban J connectivity index is 1.19. The zero-order valence-corrected chi connectivity index (χ0v) is 23.8. The molecule has 0 atom stereocenters. The fraction of sp³-hybridized carbons (Fsp3) is 0.219. The normalized spacial score (nSPS) is 14.0. The van der Waals surface area contributed by atoms with Crippen LogP contribution in [-0.4, -0.2) is 49.9 Å². The number of anilines is 1. The third kappa shape index (κ3) is 5.10. The summed E-state index contributed by atoms with van der Waals surface area (Å²) < 4.78 is 0. The molecule has 0 bridgehead atoms. The van der Waals surface area contributed by atoms with Crippen molar-refractivity contribution < 1.29 is 9.59 Å². The molecular formula is C32H29N7O2S. The van der Waals surface area contributed by atoms with Gasteiger partial charge in [0, 0.05) is 56.7 Å². The minimum Gasteiger partial charge on any atom is -0.353 e. The maximum absolute atomic E-state index is 12.7. The number of pyridine rings is 2. The molecule has 42 heavy (non-hydrogen) atoms. The van der Waals surface area contributed by atoms with E-state index in [2.05, 4.69) is 47.9 Å². The lowest BCUT2D eigenvalue weighted by Crippen LogP contribution is -2.30. The van der Waals surface area contributed by atoms with Crippen molar-refractivity contribution in [3.8, 4) is 33.0 Å². The van der Waals surface area contributed by atoms with Crippen LogP contribution < -0.4 is 10.6 Å². The number of piperidine rings is 1. The molecule has 0 aliphatic carbocycles. The maximum atomic E-state index is 12.7. The van der Waals surface area contributed by atoms with E-state index in [1.165, 1.54) is 11.3 Å². The van der Waals surface area contributed by atoms with Crippen molar-refractivity contribution in [2.75, 3.05) is 18.4 Å². The number of carbonyl (C=O) groups excluding carboxylic acids is 2. The highest BCUT2D eigenvalue weighted by Gasteiger charge is 2.18. The van der Waals surface area contributed by atoms with Crippen molar-refractivity contribution in [3.05, 3.63) is 72.0 Å². The largest absolute Gasteiger partial charge is 0.353 e. The van der Waals surface area contributed by atoms with Crippen molar-refractivity contribution in [1.29, 1.82) is 0 Å². The third-order valence-electron chi connectivity index (χ3n) is 7.84. The minimum absolute atomic E-state index is 0.0183. The molecule has 1 aliphatic heterocycles. The van der Waals surface area contributed by atoms with Crippen molar-refractivity contribution in [1.82, 2.24) is 30.5 Å². The first kappa shape index (κ1) is 26.2. The summed E-state index contributed by atoms with van der Waals surface area (Å²) in [5.41, 5.74) is 6.75. The molecule has 6 heterocycles. The maximum Gasteiger partial charge on any atom is 0.224 e. The second-order valence-electron chi connectivity index (χ2n) is 10.8. The van der Waals surface area contributed by atoms with Gasteiger partial charge < -0.3 is 15.6 Å². The number of carbonyl (C=O) groups is 2. The Morgan fingerprint density at radius 1 is 1.00 bits per heavy atom. The monoisotopic (exact) mass is 575 g/mol. The van der Waals surface area contributed by atoms with E-state index in [-0.39, 0.29) is 11.7 Å². The van der Waals surface area contributed by atoms with Gasteiger partial charge in [0.2, 0.25) is 5.91 Å². The van der Waals surface area contributed by atoms with Crippen molar-refractivity contribution in [3.63, 3.8) is 0 Å². The smallest absolute Gasteiger partial charge is 0.224 e. The Bertz CT molecular complexity index is 1950. The molecule has 0 saturated carbocycles. The van der Waals surface area contributed by atoms with Crippen LogP contribution in [0.25, 0.3) is 54.9 Å². The summed E-state index contributed by atoms with van der Waals surface area (Å²) in [6, 6.07) is 16.1. The Morgan fingerprint density at radius 2 is 1.86 bits per heavy atom. The van der Waals surface area contributed by atoms with Crippen LogP contribution in [0.4, 0.5) is 5.69 Å². The van der Waals surface area contributed by atoms with Gasteiger partial charge in [-0.2, -0.15) is 5.10 Å². The molecular weight excluding hydrogens is 546 g/mol. The number of aromatic nitrogens is 5. The molecule has 1 fully saturated rings. The second-order valence-corrected chi connectivity index (χ2v) is 11.9. The third-order valence-corrected chi connectivity index (χ3v) is 9.06. The molecule has 4 N–H and O–H groups in total. The molecule has 0 spiro atoms. The number of hydrogen-bond donors (Lipinski definition) is 4. The number of hydrogen-bond acceptors (Lipinski definition) is 7. The first-order valence-corrected chi connectivity index (χ1v) is 14.9. The average Bonchev–Trinajstić information content (AvgIpc) is 3.75. The van der Waals surface area contributed by atoms with E-state index in [1.54, 1.807) is 25.5 Å². The number of amides is 1. The topological polar surface area (TPSA) is 128 Å². The molecule has 1 aromatic carbocycles. The van der Waals surface area contributed by atoms with E-state index in [1.807, 2.05) is 36.4 Å². The molecule has 1 amide bonds. The van der Waals surface area contributed by atoms with Crippen LogP contribution in [0.1, 0.15) is 35.9 Å². The van der Waals surface area contributed by atoms with E-state index in [0.717, 1.165) is 80.1 Å². The number of fused-ring (bicyclic) bond motifs is 2. The molecule has 9 nitrogen and oxygen atoms in total. The lowest BCUT2D eigenvalue weighted by atomic mass is 9.94. The van der Waals surface area contributed by atoms with Crippen LogP contribution in [0.2, 0.25) is 0 Å². The Morgan fingerprint density at radius 3 is 2.69 bits per heavy atom. The van der Waals surface area contributed by atoms with Crippen molar-refractivity contribution >= 4 is 50.7 Å².